The van der Waals surface area contributed by atoms with Gasteiger partial charge in [-0.25, -0.2) is 4.79 Å². The maximum absolute atomic E-state index is 10.9. The summed E-state index contributed by atoms with van der Waals surface area (Å²) in [4.78, 5) is 10.9. The summed E-state index contributed by atoms with van der Waals surface area (Å²) in [6.07, 6.45) is -0.336. The summed E-state index contributed by atoms with van der Waals surface area (Å²) in [5.74, 6) is -0.302. The summed E-state index contributed by atoms with van der Waals surface area (Å²) in [6.45, 7) is 3.27. The molecule has 1 saturated heterocycles. The van der Waals surface area contributed by atoms with E-state index < -0.39 is 6.10 Å². The predicted molar refractivity (Wildman–Crippen MR) is 46.5 cm³/mol. The van der Waals surface area contributed by atoms with Gasteiger partial charge in [0.1, 0.15) is 0 Å². The molecule has 2 atom stereocenters. The molecule has 1 aliphatic rings. The molecule has 12 heavy (non-hydrogen) atoms. The van der Waals surface area contributed by atoms with E-state index in [-0.39, 0.29) is 24.5 Å². The lowest BCUT2D eigenvalue weighted by Crippen LogP contribution is -2.47. The molecule has 1 heterocycles. The number of hydrogen-bond acceptors (Lipinski definition) is 4. The number of hydrogen-bond donors (Lipinski definition) is 1. The molecule has 0 saturated carbocycles. The van der Waals surface area contributed by atoms with Crippen LogP contribution in [-0.2, 0) is 14.3 Å². The highest BCUT2D eigenvalue weighted by atomic mass is 35.5. The van der Waals surface area contributed by atoms with Gasteiger partial charge in [-0.15, -0.1) is 12.4 Å². The van der Waals surface area contributed by atoms with Crippen LogP contribution in [0.4, 0.5) is 0 Å². The maximum atomic E-state index is 10.9. The number of carbonyl (C=O) groups is 1. The van der Waals surface area contributed by atoms with Gasteiger partial charge in [-0.05, 0) is 6.92 Å². The average Bonchev–Trinajstić information content (AvgIpc) is 2.03. The van der Waals surface area contributed by atoms with Gasteiger partial charge in [0.15, 0.2) is 6.10 Å². The third-order valence-electron chi connectivity index (χ3n) is 1.62. The first-order valence-electron chi connectivity index (χ1n) is 3.68. The van der Waals surface area contributed by atoms with Crippen molar-refractivity contribution in [2.24, 2.45) is 0 Å². The van der Waals surface area contributed by atoms with Crippen molar-refractivity contribution in [2.45, 2.75) is 19.1 Å². The van der Waals surface area contributed by atoms with Crippen LogP contribution in [0.25, 0.3) is 0 Å². The minimum atomic E-state index is -0.427. The zero-order valence-electron chi connectivity index (χ0n) is 7.20. The number of rotatable bonds is 1. The van der Waals surface area contributed by atoms with Crippen LogP contribution in [0.15, 0.2) is 0 Å². The topological polar surface area (TPSA) is 47.6 Å². The fraction of sp³-hybridized carbons (Fsp3) is 0.857. The molecule has 0 unspecified atom stereocenters. The van der Waals surface area contributed by atoms with Crippen LogP contribution in [0.2, 0.25) is 0 Å². The van der Waals surface area contributed by atoms with Crippen molar-refractivity contribution in [1.29, 1.82) is 0 Å². The summed E-state index contributed by atoms with van der Waals surface area (Å²) in [6, 6.07) is 0. The van der Waals surface area contributed by atoms with E-state index in [1.807, 2.05) is 6.92 Å². The number of esters is 1. The zero-order chi connectivity index (χ0) is 8.27. The summed E-state index contributed by atoms with van der Waals surface area (Å²) in [5, 5.41) is 3.07. The molecule has 1 aliphatic heterocycles. The molecule has 0 aromatic heterocycles. The van der Waals surface area contributed by atoms with E-state index in [1.165, 1.54) is 7.11 Å². The fourth-order valence-electron chi connectivity index (χ4n) is 1.06. The van der Waals surface area contributed by atoms with E-state index in [1.54, 1.807) is 0 Å². The largest absolute Gasteiger partial charge is 0.467 e. The summed E-state index contributed by atoms with van der Waals surface area (Å²) in [7, 11) is 1.37. The molecule has 0 aromatic rings. The lowest BCUT2D eigenvalue weighted by molar-refractivity contribution is -0.159. The number of methoxy groups -OCH3 is 1. The van der Waals surface area contributed by atoms with Crippen molar-refractivity contribution in [3.05, 3.63) is 0 Å². The molecule has 0 radical (unpaired) electrons. The fourth-order valence-corrected chi connectivity index (χ4v) is 1.06. The standard InChI is InChI=1S/C7H13NO3.ClH/c1-5-3-8-4-6(11-5)7(9)10-2;/h5-6,8H,3-4H2,1-2H3;1H/t5-,6-;/m1./s1. The number of carbonyl (C=O) groups excluding carboxylic acids is 1. The van der Waals surface area contributed by atoms with Crippen molar-refractivity contribution in [1.82, 2.24) is 5.32 Å². The van der Waals surface area contributed by atoms with Gasteiger partial charge < -0.3 is 14.8 Å². The van der Waals surface area contributed by atoms with Crippen molar-refractivity contribution in [3.8, 4) is 0 Å². The number of nitrogens with one attached hydrogen (secondary N) is 1. The Morgan fingerprint density at radius 3 is 2.75 bits per heavy atom. The molecule has 0 amide bonds. The highest BCUT2D eigenvalue weighted by molar-refractivity contribution is 5.85. The monoisotopic (exact) mass is 195 g/mol. The molecule has 1 rings (SSSR count). The van der Waals surface area contributed by atoms with Gasteiger partial charge in [0.05, 0.1) is 13.2 Å². The summed E-state index contributed by atoms with van der Waals surface area (Å²) < 4.78 is 9.84. The lowest BCUT2D eigenvalue weighted by atomic mass is 10.2. The van der Waals surface area contributed by atoms with Crippen LogP contribution in [0.5, 0.6) is 0 Å². The van der Waals surface area contributed by atoms with Gasteiger partial charge in [0.25, 0.3) is 0 Å². The molecule has 4 nitrogen and oxygen atoms in total. The normalized spacial score (nSPS) is 28.8. The third-order valence-corrected chi connectivity index (χ3v) is 1.62. The molecule has 0 aromatic carbocycles. The van der Waals surface area contributed by atoms with E-state index in [2.05, 4.69) is 10.1 Å². The van der Waals surface area contributed by atoms with Gasteiger partial charge in [-0.1, -0.05) is 0 Å². The third kappa shape index (κ3) is 2.97. The first-order valence-corrected chi connectivity index (χ1v) is 3.68. The second kappa shape index (κ2) is 5.35. The Kier molecular flexibility index (Phi) is 5.20. The van der Waals surface area contributed by atoms with Crippen LogP contribution in [0, 0.1) is 0 Å². The molecule has 0 spiro atoms. The van der Waals surface area contributed by atoms with E-state index in [4.69, 9.17) is 4.74 Å². The summed E-state index contributed by atoms with van der Waals surface area (Å²) in [5.41, 5.74) is 0. The van der Waals surface area contributed by atoms with Gasteiger partial charge in [0.2, 0.25) is 0 Å². The van der Waals surface area contributed by atoms with Crippen molar-refractivity contribution in [3.63, 3.8) is 0 Å². The van der Waals surface area contributed by atoms with E-state index in [9.17, 15) is 4.79 Å². The molecule has 1 fully saturated rings. The van der Waals surface area contributed by atoms with Crippen molar-refractivity contribution >= 4 is 18.4 Å². The molecule has 5 heteroatoms. The highest BCUT2D eigenvalue weighted by Gasteiger charge is 2.25. The Bertz CT molecular complexity index is 154. The predicted octanol–water partition coefficient (Wildman–Crippen LogP) is -0.0419. The van der Waals surface area contributed by atoms with Crippen LogP contribution < -0.4 is 5.32 Å². The average molecular weight is 196 g/mol. The molecule has 1 N–H and O–H groups in total. The van der Waals surface area contributed by atoms with Crippen LogP contribution >= 0.6 is 12.4 Å². The first kappa shape index (κ1) is 11.7. The first-order chi connectivity index (χ1) is 5.24. The molecule has 0 bridgehead atoms. The Balaban J connectivity index is 0.00000121. The molecular weight excluding hydrogens is 182 g/mol. The smallest absolute Gasteiger partial charge is 0.336 e. The van der Waals surface area contributed by atoms with Gasteiger partial charge in [0, 0.05) is 13.1 Å². The van der Waals surface area contributed by atoms with Crippen LogP contribution in [-0.4, -0.2) is 38.4 Å². The molecular formula is C7H14ClNO3. The Morgan fingerprint density at radius 1 is 1.58 bits per heavy atom. The number of halogens is 1. The van der Waals surface area contributed by atoms with Crippen molar-refractivity contribution < 1.29 is 14.3 Å². The maximum Gasteiger partial charge on any atom is 0.336 e. The van der Waals surface area contributed by atoms with Gasteiger partial charge >= 0.3 is 5.97 Å². The quantitative estimate of drug-likeness (QED) is 0.597. The van der Waals surface area contributed by atoms with Gasteiger partial charge in [-0.2, -0.15) is 0 Å². The Labute approximate surface area is 78.0 Å². The lowest BCUT2D eigenvalue weighted by Gasteiger charge is -2.26. The van der Waals surface area contributed by atoms with E-state index >= 15 is 0 Å². The zero-order valence-corrected chi connectivity index (χ0v) is 8.02. The van der Waals surface area contributed by atoms with Crippen molar-refractivity contribution in [2.75, 3.05) is 20.2 Å². The number of ether oxygens (including phenoxy) is 2. The Hall–Kier alpha value is -0.320. The number of morpholine rings is 1. The second-order valence-electron chi connectivity index (χ2n) is 2.62. The summed E-state index contributed by atoms with van der Waals surface area (Å²) >= 11 is 0. The second-order valence-corrected chi connectivity index (χ2v) is 2.62. The van der Waals surface area contributed by atoms with Crippen LogP contribution in [0.3, 0.4) is 0 Å². The Morgan fingerprint density at radius 2 is 2.25 bits per heavy atom. The SMILES string of the molecule is COC(=O)[C@H]1CNC[C@@H](C)O1.Cl. The van der Waals surface area contributed by atoms with Gasteiger partial charge in [-0.3, -0.25) is 0 Å². The minimum Gasteiger partial charge on any atom is -0.467 e. The van der Waals surface area contributed by atoms with E-state index in [0.717, 1.165) is 6.54 Å². The molecule has 72 valence electrons. The van der Waals surface area contributed by atoms with E-state index in [0.29, 0.717) is 6.54 Å². The highest BCUT2D eigenvalue weighted by Crippen LogP contribution is 2.03. The molecule has 0 aliphatic carbocycles. The minimum absolute atomic E-state index is 0. The van der Waals surface area contributed by atoms with Crippen LogP contribution in [0.1, 0.15) is 6.92 Å².